The van der Waals surface area contributed by atoms with Gasteiger partial charge in [-0.1, -0.05) is 13.8 Å². The second-order valence-corrected chi connectivity index (χ2v) is 2.91. The molecule has 0 aromatic rings. The maximum absolute atomic E-state index is 10.3. The first kappa shape index (κ1) is 10.3. The molecule has 0 aliphatic heterocycles. The van der Waals surface area contributed by atoms with Crippen molar-refractivity contribution in [3.8, 4) is 0 Å². The summed E-state index contributed by atoms with van der Waals surface area (Å²) in [5.41, 5.74) is 0. The van der Waals surface area contributed by atoms with Crippen molar-refractivity contribution in [3.05, 3.63) is 0 Å². The van der Waals surface area contributed by atoms with Crippen LogP contribution in [-0.2, 0) is 4.79 Å². The smallest absolute Gasteiger partial charge is 0.147 e. The van der Waals surface area contributed by atoms with Crippen LogP contribution in [0.15, 0.2) is 4.99 Å². The number of hydrogen-bond donors (Lipinski definition) is 1. The van der Waals surface area contributed by atoms with E-state index < -0.39 is 12.1 Å². The molecule has 0 aliphatic carbocycles. The minimum Gasteiger partial charge on any atom is -0.391 e. The van der Waals surface area contributed by atoms with E-state index in [-0.39, 0.29) is 0 Å². The van der Waals surface area contributed by atoms with Gasteiger partial charge in [0.05, 0.1) is 6.10 Å². The number of carbonyl (C=O) groups excluding carboxylic acids is 1. The molecule has 2 atom stereocenters. The summed E-state index contributed by atoms with van der Waals surface area (Å²) in [5, 5.41) is 8.98. The molecule has 0 heterocycles. The topological polar surface area (TPSA) is 49.7 Å². The van der Waals surface area contributed by atoms with E-state index in [0.29, 0.717) is 12.2 Å². The number of aliphatic hydroxyl groups excluding tert-OH is 1. The van der Waals surface area contributed by atoms with Gasteiger partial charge in [-0.25, -0.2) is 0 Å². The maximum Gasteiger partial charge on any atom is 0.147 e. The van der Waals surface area contributed by atoms with Crippen LogP contribution < -0.4 is 0 Å². The molecule has 3 nitrogen and oxygen atoms in total. The first-order chi connectivity index (χ1) is 5.07. The average molecular weight is 157 g/mol. The Balaban J connectivity index is 3.97. The van der Waals surface area contributed by atoms with Crippen LogP contribution in [0, 0.1) is 5.92 Å². The van der Waals surface area contributed by atoms with E-state index in [0.717, 1.165) is 0 Å². The van der Waals surface area contributed by atoms with E-state index >= 15 is 0 Å². The fourth-order valence-corrected chi connectivity index (χ4v) is 0.545. The predicted molar refractivity (Wildman–Crippen MR) is 44.9 cm³/mol. The van der Waals surface area contributed by atoms with Crippen molar-refractivity contribution < 1.29 is 9.90 Å². The highest BCUT2D eigenvalue weighted by atomic mass is 16.3. The van der Waals surface area contributed by atoms with Crippen LogP contribution in [0.25, 0.3) is 0 Å². The molecule has 0 unspecified atom stereocenters. The molecule has 0 spiro atoms. The quantitative estimate of drug-likeness (QED) is 0.481. The van der Waals surface area contributed by atoms with E-state index in [9.17, 15) is 4.79 Å². The summed E-state index contributed by atoms with van der Waals surface area (Å²) in [6.45, 7) is 5.48. The summed E-state index contributed by atoms with van der Waals surface area (Å²) >= 11 is 0. The molecule has 0 bridgehead atoms. The highest BCUT2D eigenvalue weighted by molar-refractivity contribution is 5.66. The molecule has 0 radical (unpaired) electrons. The molecule has 3 heteroatoms. The van der Waals surface area contributed by atoms with E-state index in [2.05, 4.69) is 4.99 Å². The fourth-order valence-electron chi connectivity index (χ4n) is 0.545. The zero-order valence-corrected chi connectivity index (χ0v) is 7.19. The summed E-state index contributed by atoms with van der Waals surface area (Å²) < 4.78 is 0. The average Bonchev–Trinajstić information content (AvgIpc) is 1.87. The molecule has 0 saturated carbocycles. The second-order valence-electron chi connectivity index (χ2n) is 2.91. The van der Waals surface area contributed by atoms with Crippen molar-refractivity contribution in [2.75, 3.05) is 0 Å². The highest BCUT2D eigenvalue weighted by Crippen LogP contribution is 1.95. The standard InChI is InChI=1S/C8H15NO2/c1-6(2)4-9-8(5-10)7(3)11/h4-8,11H,1-3H3/t7-,8-/m0/s1. The van der Waals surface area contributed by atoms with Gasteiger partial charge in [0.25, 0.3) is 0 Å². The summed E-state index contributed by atoms with van der Waals surface area (Å²) in [7, 11) is 0. The molecule has 1 N–H and O–H groups in total. The summed E-state index contributed by atoms with van der Waals surface area (Å²) in [4.78, 5) is 14.2. The molecule has 0 aromatic carbocycles. The van der Waals surface area contributed by atoms with Crippen molar-refractivity contribution in [3.63, 3.8) is 0 Å². The number of aliphatic hydroxyl groups is 1. The van der Waals surface area contributed by atoms with Gasteiger partial charge in [-0.2, -0.15) is 0 Å². The Hall–Kier alpha value is -0.700. The normalized spacial score (nSPS) is 17.2. The lowest BCUT2D eigenvalue weighted by Crippen LogP contribution is -2.22. The van der Waals surface area contributed by atoms with Gasteiger partial charge in [-0.05, 0) is 12.8 Å². The second kappa shape index (κ2) is 5.02. The number of rotatable bonds is 4. The molecular weight excluding hydrogens is 142 g/mol. The maximum atomic E-state index is 10.3. The Labute approximate surface area is 67.1 Å². The van der Waals surface area contributed by atoms with Crippen LogP contribution in [-0.4, -0.2) is 29.8 Å². The number of hydrogen-bond acceptors (Lipinski definition) is 3. The van der Waals surface area contributed by atoms with Crippen molar-refractivity contribution >= 4 is 12.5 Å². The van der Waals surface area contributed by atoms with Gasteiger partial charge in [0.1, 0.15) is 12.3 Å². The van der Waals surface area contributed by atoms with Gasteiger partial charge in [-0.3, -0.25) is 4.99 Å². The van der Waals surface area contributed by atoms with Gasteiger partial charge >= 0.3 is 0 Å². The SMILES string of the molecule is CC(C)C=N[C@@H](C=O)[C@H](C)O. The number of aldehydes is 1. The lowest BCUT2D eigenvalue weighted by atomic mass is 10.2. The third-order valence-electron chi connectivity index (χ3n) is 1.19. The molecular formula is C8H15NO2. The van der Waals surface area contributed by atoms with E-state index in [1.54, 1.807) is 13.1 Å². The Kier molecular flexibility index (Phi) is 4.70. The zero-order valence-electron chi connectivity index (χ0n) is 7.19. The fraction of sp³-hybridized carbons (Fsp3) is 0.750. The molecule has 0 fully saturated rings. The molecule has 0 aromatic heterocycles. The molecule has 64 valence electrons. The minimum atomic E-state index is -0.692. The minimum absolute atomic E-state index is 0.316. The first-order valence-electron chi connectivity index (χ1n) is 3.74. The summed E-state index contributed by atoms with van der Waals surface area (Å²) in [5.74, 6) is 0.316. The van der Waals surface area contributed by atoms with Gasteiger partial charge in [-0.15, -0.1) is 0 Å². The molecule has 0 amide bonds. The van der Waals surface area contributed by atoms with Crippen LogP contribution in [0.4, 0.5) is 0 Å². The largest absolute Gasteiger partial charge is 0.391 e. The predicted octanol–water partition coefficient (Wildman–Crippen LogP) is 0.661. The molecule has 0 aliphatic rings. The summed E-state index contributed by atoms with van der Waals surface area (Å²) in [6, 6.07) is -0.600. The van der Waals surface area contributed by atoms with Crippen LogP contribution in [0.1, 0.15) is 20.8 Å². The van der Waals surface area contributed by atoms with Crippen molar-refractivity contribution in [1.29, 1.82) is 0 Å². The highest BCUT2D eigenvalue weighted by Gasteiger charge is 2.10. The van der Waals surface area contributed by atoms with Gasteiger partial charge in [0.15, 0.2) is 0 Å². The van der Waals surface area contributed by atoms with Crippen LogP contribution in [0.5, 0.6) is 0 Å². The van der Waals surface area contributed by atoms with E-state index in [1.807, 2.05) is 13.8 Å². The van der Waals surface area contributed by atoms with Gasteiger partial charge in [0, 0.05) is 6.21 Å². The Morgan fingerprint density at radius 3 is 2.18 bits per heavy atom. The van der Waals surface area contributed by atoms with E-state index in [4.69, 9.17) is 5.11 Å². The van der Waals surface area contributed by atoms with Crippen molar-refractivity contribution in [1.82, 2.24) is 0 Å². The molecule has 0 saturated heterocycles. The Bertz CT molecular complexity index is 141. The van der Waals surface area contributed by atoms with Crippen LogP contribution in [0.3, 0.4) is 0 Å². The molecule has 0 rings (SSSR count). The van der Waals surface area contributed by atoms with Crippen molar-refractivity contribution in [2.24, 2.45) is 10.9 Å². The summed E-state index contributed by atoms with van der Waals surface area (Å²) in [6.07, 6.45) is 1.64. The van der Waals surface area contributed by atoms with Crippen LogP contribution >= 0.6 is 0 Å². The number of aliphatic imine (C=N–C) groups is 1. The van der Waals surface area contributed by atoms with Gasteiger partial charge in [0.2, 0.25) is 0 Å². The van der Waals surface area contributed by atoms with E-state index in [1.165, 1.54) is 0 Å². The number of carbonyl (C=O) groups is 1. The van der Waals surface area contributed by atoms with Crippen LogP contribution in [0.2, 0.25) is 0 Å². The lowest BCUT2D eigenvalue weighted by Gasteiger charge is -2.07. The Morgan fingerprint density at radius 2 is 1.91 bits per heavy atom. The third-order valence-corrected chi connectivity index (χ3v) is 1.19. The monoisotopic (exact) mass is 157 g/mol. The zero-order chi connectivity index (χ0) is 8.85. The lowest BCUT2D eigenvalue weighted by molar-refractivity contribution is -0.110. The third kappa shape index (κ3) is 4.67. The van der Waals surface area contributed by atoms with Crippen molar-refractivity contribution in [2.45, 2.75) is 32.9 Å². The molecule has 11 heavy (non-hydrogen) atoms. The van der Waals surface area contributed by atoms with Gasteiger partial charge < -0.3 is 9.90 Å². The Morgan fingerprint density at radius 1 is 1.36 bits per heavy atom. The number of nitrogens with zero attached hydrogens (tertiary/aromatic N) is 1. The first-order valence-corrected chi connectivity index (χ1v) is 3.74.